The first kappa shape index (κ1) is 14.9. The van der Waals surface area contributed by atoms with E-state index in [0.29, 0.717) is 24.2 Å². The van der Waals surface area contributed by atoms with Crippen LogP contribution in [0.4, 0.5) is 0 Å². The van der Waals surface area contributed by atoms with Crippen molar-refractivity contribution in [1.82, 2.24) is 9.62 Å². The Morgan fingerprint density at radius 2 is 2.15 bits per heavy atom. The number of likely N-dealkylation sites (N-methyl/N-ethyl adjacent to an activating group) is 1. The summed E-state index contributed by atoms with van der Waals surface area (Å²) in [6.45, 7) is 2.47. The summed E-state index contributed by atoms with van der Waals surface area (Å²) < 4.78 is 26.4. The zero-order chi connectivity index (χ0) is 14.9. The van der Waals surface area contributed by atoms with Crippen molar-refractivity contribution in [2.75, 3.05) is 20.1 Å². The number of nitriles is 1. The molecule has 0 radical (unpaired) electrons. The summed E-state index contributed by atoms with van der Waals surface area (Å²) in [5.41, 5.74) is 0.879. The van der Waals surface area contributed by atoms with Gasteiger partial charge in [-0.1, -0.05) is 6.07 Å². The van der Waals surface area contributed by atoms with E-state index < -0.39 is 22.2 Å². The lowest BCUT2D eigenvalue weighted by Gasteiger charge is -2.26. The number of benzene rings is 1. The molecule has 2 rings (SSSR count). The van der Waals surface area contributed by atoms with Gasteiger partial charge in [0.2, 0.25) is 10.0 Å². The average molecular weight is 295 g/mol. The van der Waals surface area contributed by atoms with E-state index in [1.807, 2.05) is 6.07 Å². The molecule has 2 atom stereocenters. The fourth-order valence-electron chi connectivity index (χ4n) is 2.30. The van der Waals surface area contributed by atoms with Crippen LogP contribution in [-0.2, 0) is 10.0 Å². The summed E-state index contributed by atoms with van der Waals surface area (Å²) in [6, 6.07) is 6.01. The van der Waals surface area contributed by atoms with Gasteiger partial charge in [0.1, 0.15) is 0 Å². The second-order valence-electron chi connectivity index (χ2n) is 4.91. The van der Waals surface area contributed by atoms with E-state index in [1.54, 1.807) is 19.1 Å². The van der Waals surface area contributed by atoms with Gasteiger partial charge in [-0.3, -0.25) is 0 Å². The zero-order valence-electron chi connectivity index (χ0n) is 11.4. The van der Waals surface area contributed by atoms with Crippen LogP contribution in [0.3, 0.4) is 0 Å². The molecule has 0 saturated carbocycles. The standard InChI is InChI=1S/C13H17N3O3S/c1-9-3-4-10(6-14)5-13(9)20(18,19)16(2)11-7-15-8-12(11)17/h3-5,11-12,15,17H,7-8H2,1-2H3/t11-,12-/m0/s1. The number of hydrogen-bond donors (Lipinski definition) is 2. The monoisotopic (exact) mass is 295 g/mol. The quantitative estimate of drug-likeness (QED) is 0.807. The maximum Gasteiger partial charge on any atom is 0.243 e. The summed E-state index contributed by atoms with van der Waals surface area (Å²) in [4.78, 5) is 0.109. The van der Waals surface area contributed by atoms with Gasteiger partial charge in [-0.05, 0) is 24.6 Å². The van der Waals surface area contributed by atoms with Gasteiger partial charge in [0.15, 0.2) is 0 Å². The predicted molar refractivity (Wildman–Crippen MR) is 73.5 cm³/mol. The first-order chi connectivity index (χ1) is 9.37. The minimum atomic E-state index is -3.74. The van der Waals surface area contributed by atoms with Crippen molar-refractivity contribution in [3.63, 3.8) is 0 Å². The highest BCUT2D eigenvalue weighted by molar-refractivity contribution is 7.89. The van der Waals surface area contributed by atoms with Crippen molar-refractivity contribution in [2.24, 2.45) is 0 Å². The fourth-order valence-corrected chi connectivity index (χ4v) is 3.94. The molecule has 6 nitrogen and oxygen atoms in total. The van der Waals surface area contributed by atoms with Crippen molar-refractivity contribution in [2.45, 2.75) is 24.0 Å². The number of hydrogen-bond acceptors (Lipinski definition) is 5. The Morgan fingerprint density at radius 1 is 1.45 bits per heavy atom. The van der Waals surface area contributed by atoms with Crippen LogP contribution in [0.5, 0.6) is 0 Å². The van der Waals surface area contributed by atoms with Crippen molar-refractivity contribution in [1.29, 1.82) is 5.26 Å². The van der Waals surface area contributed by atoms with E-state index in [2.05, 4.69) is 5.32 Å². The lowest BCUT2D eigenvalue weighted by atomic mass is 10.2. The van der Waals surface area contributed by atoms with Crippen molar-refractivity contribution in [3.05, 3.63) is 29.3 Å². The molecular formula is C13H17N3O3S. The lowest BCUT2D eigenvalue weighted by molar-refractivity contribution is 0.136. The third-order valence-electron chi connectivity index (χ3n) is 3.59. The Morgan fingerprint density at radius 3 is 2.70 bits per heavy atom. The third-order valence-corrected chi connectivity index (χ3v) is 5.62. The van der Waals surface area contributed by atoms with Crippen LogP contribution >= 0.6 is 0 Å². The van der Waals surface area contributed by atoms with Gasteiger partial charge in [0.25, 0.3) is 0 Å². The highest BCUT2D eigenvalue weighted by Crippen LogP contribution is 2.23. The van der Waals surface area contributed by atoms with Crippen LogP contribution in [0.15, 0.2) is 23.1 Å². The molecule has 0 aromatic heterocycles. The molecule has 0 aliphatic carbocycles. The molecular weight excluding hydrogens is 278 g/mol. The number of aliphatic hydroxyl groups excluding tert-OH is 1. The summed E-state index contributed by atoms with van der Waals surface area (Å²) >= 11 is 0. The Bertz CT molecular complexity index is 651. The second-order valence-corrected chi connectivity index (χ2v) is 6.87. The van der Waals surface area contributed by atoms with E-state index in [1.165, 1.54) is 17.4 Å². The van der Waals surface area contributed by atoms with Gasteiger partial charge >= 0.3 is 0 Å². The topological polar surface area (TPSA) is 93.4 Å². The van der Waals surface area contributed by atoms with Crippen molar-refractivity contribution < 1.29 is 13.5 Å². The molecule has 0 unspecified atom stereocenters. The van der Waals surface area contributed by atoms with Gasteiger partial charge < -0.3 is 10.4 Å². The fraction of sp³-hybridized carbons (Fsp3) is 0.462. The summed E-state index contributed by atoms with van der Waals surface area (Å²) in [5.74, 6) is 0. The molecule has 1 fully saturated rings. The Hall–Kier alpha value is -1.46. The molecule has 0 bridgehead atoms. The molecule has 1 aromatic rings. The normalized spacial score (nSPS) is 22.9. The van der Waals surface area contributed by atoms with Crippen LogP contribution in [0.1, 0.15) is 11.1 Å². The smallest absolute Gasteiger partial charge is 0.243 e. The molecule has 2 N–H and O–H groups in total. The summed E-state index contributed by atoms with van der Waals surface area (Å²) in [5, 5.41) is 21.7. The van der Waals surface area contributed by atoms with Crippen LogP contribution in [0, 0.1) is 18.3 Å². The van der Waals surface area contributed by atoms with Crippen LogP contribution < -0.4 is 5.32 Å². The van der Waals surface area contributed by atoms with Gasteiger partial charge in [0, 0.05) is 20.1 Å². The van der Waals surface area contributed by atoms with Crippen molar-refractivity contribution >= 4 is 10.0 Å². The lowest BCUT2D eigenvalue weighted by Crippen LogP contribution is -2.44. The molecule has 108 valence electrons. The first-order valence-electron chi connectivity index (χ1n) is 6.25. The first-order valence-corrected chi connectivity index (χ1v) is 7.69. The highest BCUT2D eigenvalue weighted by Gasteiger charge is 2.36. The second kappa shape index (κ2) is 5.50. The molecule has 1 saturated heterocycles. The number of β-amino-alcohol motifs (C(OH)–C–C–N with tert-alkyl or cyclic N) is 1. The molecule has 0 amide bonds. The van der Waals surface area contributed by atoms with Gasteiger partial charge in [0.05, 0.1) is 28.7 Å². The maximum atomic E-state index is 12.6. The average Bonchev–Trinajstić information content (AvgIpc) is 2.84. The molecule has 0 spiro atoms. The van der Waals surface area contributed by atoms with Crippen molar-refractivity contribution in [3.8, 4) is 6.07 Å². The van der Waals surface area contributed by atoms with Crippen LogP contribution in [-0.4, -0.2) is 50.1 Å². The van der Waals surface area contributed by atoms with E-state index in [0.717, 1.165) is 0 Å². The Kier molecular flexibility index (Phi) is 4.11. The van der Waals surface area contributed by atoms with E-state index in [4.69, 9.17) is 5.26 Å². The Balaban J connectivity index is 2.42. The number of aryl methyl sites for hydroxylation is 1. The predicted octanol–water partition coefficient (Wildman–Crippen LogP) is -0.180. The third kappa shape index (κ3) is 2.55. The maximum absolute atomic E-state index is 12.6. The largest absolute Gasteiger partial charge is 0.390 e. The molecule has 7 heteroatoms. The van der Waals surface area contributed by atoms with Gasteiger partial charge in [-0.25, -0.2) is 8.42 Å². The zero-order valence-corrected chi connectivity index (χ0v) is 12.2. The molecule has 20 heavy (non-hydrogen) atoms. The van der Waals surface area contributed by atoms with Crippen LogP contribution in [0.2, 0.25) is 0 Å². The number of aliphatic hydroxyl groups is 1. The molecule has 1 aliphatic rings. The van der Waals surface area contributed by atoms with Gasteiger partial charge in [-0.15, -0.1) is 0 Å². The number of nitrogens with zero attached hydrogens (tertiary/aromatic N) is 2. The Labute approximate surface area is 118 Å². The number of sulfonamides is 1. The van der Waals surface area contributed by atoms with E-state index in [9.17, 15) is 13.5 Å². The number of rotatable bonds is 3. The minimum absolute atomic E-state index is 0.109. The number of nitrogens with one attached hydrogen (secondary N) is 1. The SMILES string of the molecule is Cc1ccc(C#N)cc1S(=O)(=O)N(C)[C@H]1CNC[C@@H]1O. The van der Waals surface area contributed by atoms with Gasteiger partial charge in [-0.2, -0.15) is 9.57 Å². The molecule has 1 heterocycles. The minimum Gasteiger partial charge on any atom is -0.390 e. The molecule has 1 aromatic carbocycles. The van der Waals surface area contributed by atoms with E-state index in [-0.39, 0.29) is 4.90 Å². The summed E-state index contributed by atoms with van der Waals surface area (Å²) in [6.07, 6.45) is -0.728. The summed E-state index contributed by atoms with van der Waals surface area (Å²) in [7, 11) is -2.28. The van der Waals surface area contributed by atoms with E-state index >= 15 is 0 Å². The highest BCUT2D eigenvalue weighted by atomic mass is 32.2. The molecule has 1 aliphatic heterocycles. The van der Waals surface area contributed by atoms with Crippen LogP contribution in [0.25, 0.3) is 0 Å².